The van der Waals surface area contributed by atoms with Crippen molar-refractivity contribution in [3.63, 3.8) is 0 Å². The highest BCUT2D eigenvalue weighted by Gasteiger charge is 2.34. The number of nitrogens with zero attached hydrogens (tertiary/aromatic N) is 1. The first kappa shape index (κ1) is 13.9. The number of hydrogen-bond acceptors (Lipinski definition) is 4. The molecule has 0 aliphatic heterocycles. The van der Waals surface area contributed by atoms with Gasteiger partial charge in [-0.25, -0.2) is 4.79 Å². The van der Waals surface area contributed by atoms with Crippen LogP contribution in [0.4, 0.5) is 10.6 Å². The van der Waals surface area contributed by atoms with Crippen LogP contribution in [0.25, 0.3) is 0 Å². The fraction of sp³-hybridized carbons (Fsp3) is 0.692. The van der Waals surface area contributed by atoms with E-state index in [1.54, 1.807) is 6.07 Å². The van der Waals surface area contributed by atoms with Gasteiger partial charge in [-0.2, -0.15) is 0 Å². The van der Waals surface area contributed by atoms with Crippen LogP contribution in [0.2, 0.25) is 0 Å². The molecule has 19 heavy (non-hydrogen) atoms. The van der Waals surface area contributed by atoms with Gasteiger partial charge in [0.15, 0.2) is 5.82 Å². The van der Waals surface area contributed by atoms with Crippen LogP contribution in [0, 0.1) is 0 Å². The minimum absolute atomic E-state index is 0.148. The quantitative estimate of drug-likeness (QED) is 0.781. The lowest BCUT2D eigenvalue weighted by molar-refractivity contribution is -0.0287. The first-order chi connectivity index (χ1) is 8.78. The number of nitrogens with one attached hydrogen (secondary N) is 2. The van der Waals surface area contributed by atoms with Crippen LogP contribution in [-0.4, -0.2) is 28.4 Å². The Labute approximate surface area is 112 Å². The molecule has 1 saturated carbocycles. The summed E-state index contributed by atoms with van der Waals surface area (Å²) in [6.45, 7) is 6.28. The number of carbonyl (C=O) groups excluding carboxylic acids is 1. The summed E-state index contributed by atoms with van der Waals surface area (Å²) in [4.78, 5) is 11.6. The van der Waals surface area contributed by atoms with Gasteiger partial charge in [-0.05, 0) is 19.3 Å². The molecule has 0 unspecified atom stereocenters. The van der Waals surface area contributed by atoms with Crippen molar-refractivity contribution in [2.45, 2.75) is 51.0 Å². The zero-order valence-corrected chi connectivity index (χ0v) is 11.6. The van der Waals surface area contributed by atoms with Crippen LogP contribution in [0.3, 0.4) is 0 Å². The normalized spacial score (nSPS) is 17.7. The molecule has 0 spiro atoms. The average Bonchev–Trinajstić information content (AvgIpc) is 2.72. The lowest BCUT2D eigenvalue weighted by Crippen LogP contribution is -2.48. The number of amides is 2. The van der Waals surface area contributed by atoms with Crippen LogP contribution >= 0.6 is 0 Å². The Hall–Kier alpha value is -1.56. The fourth-order valence-electron chi connectivity index (χ4n) is 1.85. The maximum atomic E-state index is 11.6. The van der Waals surface area contributed by atoms with Crippen molar-refractivity contribution < 1.29 is 14.4 Å². The van der Waals surface area contributed by atoms with Crippen molar-refractivity contribution in [1.82, 2.24) is 10.5 Å². The summed E-state index contributed by atoms with van der Waals surface area (Å²) in [5.74, 6) is 1.09. The second kappa shape index (κ2) is 4.85. The van der Waals surface area contributed by atoms with Gasteiger partial charge >= 0.3 is 6.03 Å². The summed E-state index contributed by atoms with van der Waals surface area (Å²) in [5, 5.41) is 18.9. The molecule has 0 atom stereocenters. The Kier molecular flexibility index (Phi) is 3.54. The van der Waals surface area contributed by atoms with Crippen LogP contribution in [0.1, 0.15) is 45.8 Å². The third kappa shape index (κ3) is 3.47. The molecule has 0 saturated heterocycles. The molecule has 0 radical (unpaired) electrons. The maximum absolute atomic E-state index is 11.6. The number of carbonyl (C=O) groups is 1. The van der Waals surface area contributed by atoms with Crippen molar-refractivity contribution in [1.29, 1.82) is 0 Å². The van der Waals surface area contributed by atoms with E-state index in [9.17, 15) is 9.90 Å². The molecule has 1 fully saturated rings. The molecular weight excluding hydrogens is 246 g/mol. The number of aromatic nitrogens is 1. The molecule has 1 aromatic heterocycles. The smallest absolute Gasteiger partial charge is 0.320 e. The van der Waals surface area contributed by atoms with Gasteiger partial charge in [0, 0.05) is 18.0 Å². The molecule has 1 heterocycles. The maximum Gasteiger partial charge on any atom is 0.320 e. The van der Waals surface area contributed by atoms with Gasteiger partial charge in [0.2, 0.25) is 0 Å². The Bertz CT molecular complexity index is 458. The number of urea groups is 1. The number of aliphatic hydroxyl groups is 1. The topological polar surface area (TPSA) is 87.4 Å². The lowest BCUT2D eigenvalue weighted by Gasteiger charge is -2.36. The fourth-order valence-corrected chi connectivity index (χ4v) is 1.85. The van der Waals surface area contributed by atoms with Crippen LogP contribution in [0.5, 0.6) is 0 Å². The van der Waals surface area contributed by atoms with Crippen LogP contribution in [0.15, 0.2) is 10.6 Å². The summed E-state index contributed by atoms with van der Waals surface area (Å²) >= 11 is 0. The standard InChI is InChI=1S/C13H21N3O3/c1-12(2,3)9-7-10(16-19-9)15-11(17)14-8-13(18)5-4-6-13/h7,18H,4-6,8H2,1-3H3,(H2,14,15,16,17). The molecule has 2 rings (SSSR count). The third-order valence-electron chi connectivity index (χ3n) is 3.35. The average molecular weight is 267 g/mol. The highest BCUT2D eigenvalue weighted by atomic mass is 16.5. The van der Waals surface area contributed by atoms with Gasteiger partial charge in [0.05, 0.1) is 5.60 Å². The molecule has 1 aromatic rings. The predicted octanol–water partition coefficient (Wildman–Crippen LogP) is 2.01. The van der Waals surface area contributed by atoms with Crippen molar-refractivity contribution in [3.8, 4) is 0 Å². The largest absolute Gasteiger partial charge is 0.388 e. The molecule has 6 nitrogen and oxygen atoms in total. The van der Waals surface area contributed by atoms with E-state index in [1.165, 1.54) is 0 Å². The van der Waals surface area contributed by atoms with E-state index >= 15 is 0 Å². The first-order valence-electron chi connectivity index (χ1n) is 6.53. The van der Waals surface area contributed by atoms with Gasteiger partial charge in [-0.15, -0.1) is 0 Å². The molecule has 1 aliphatic carbocycles. The number of anilines is 1. The third-order valence-corrected chi connectivity index (χ3v) is 3.35. The van der Waals surface area contributed by atoms with Gasteiger partial charge in [0.1, 0.15) is 5.76 Å². The van der Waals surface area contributed by atoms with Gasteiger partial charge in [-0.1, -0.05) is 25.9 Å². The van der Waals surface area contributed by atoms with E-state index < -0.39 is 5.60 Å². The van der Waals surface area contributed by atoms with E-state index in [2.05, 4.69) is 15.8 Å². The molecule has 0 aromatic carbocycles. The zero-order chi connectivity index (χ0) is 14.1. The summed E-state index contributed by atoms with van der Waals surface area (Å²) in [6, 6.07) is 1.33. The second-order valence-corrected chi connectivity index (χ2v) is 6.21. The van der Waals surface area contributed by atoms with E-state index in [1.807, 2.05) is 20.8 Å². The number of hydrogen-bond donors (Lipinski definition) is 3. The predicted molar refractivity (Wildman–Crippen MR) is 71.0 cm³/mol. The zero-order valence-electron chi connectivity index (χ0n) is 11.6. The van der Waals surface area contributed by atoms with Crippen molar-refractivity contribution in [2.75, 3.05) is 11.9 Å². The van der Waals surface area contributed by atoms with E-state index in [4.69, 9.17) is 4.52 Å². The van der Waals surface area contributed by atoms with E-state index in [0.717, 1.165) is 19.3 Å². The Morgan fingerprint density at radius 1 is 1.53 bits per heavy atom. The SMILES string of the molecule is CC(C)(C)c1cc(NC(=O)NCC2(O)CCC2)no1. The van der Waals surface area contributed by atoms with Crippen molar-refractivity contribution in [3.05, 3.63) is 11.8 Å². The van der Waals surface area contributed by atoms with Crippen LogP contribution in [-0.2, 0) is 5.41 Å². The molecule has 3 N–H and O–H groups in total. The summed E-state index contributed by atoms with van der Waals surface area (Å²) in [5.41, 5.74) is -0.873. The first-order valence-corrected chi connectivity index (χ1v) is 6.53. The highest BCUT2D eigenvalue weighted by Crippen LogP contribution is 2.30. The minimum Gasteiger partial charge on any atom is -0.388 e. The molecule has 106 valence electrons. The molecular formula is C13H21N3O3. The van der Waals surface area contributed by atoms with Crippen LogP contribution < -0.4 is 10.6 Å². The van der Waals surface area contributed by atoms with Crippen molar-refractivity contribution in [2.24, 2.45) is 0 Å². The molecule has 1 aliphatic rings. The van der Waals surface area contributed by atoms with E-state index in [0.29, 0.717) is 11.6 Å². The Morgan fingerprint density at radius 2 is 2.21 bits per heavy atom. The summed E-state index contributed by atoms with van der Waals surface area (Å²) < 4.78 is 5.17. The molecule has 0 bridgehead atoms. The molecule has 2 amide bonds. The minimum atomic E-state index is -0.724. The van der Waals surface area contributed by atoms with E-state index in [-0.39, 0.29) is 18.0 Å². The highest BCUT2D eigenvalue weighted by molar-refractivity contribution is 5.88. The monoisotopic (exact) mass is 267 g/mol. The number of rotatable bonds is 3. The van der Waals surface area contributed by atoms with Gasteiger partial charge < -0.3 is 14.9 Å². The van der Waals surface area contributed by atoms with Gasteiger partial charge in [-0.3, -0.25) is 5.32 Å². The molecule has 6 heteroatoms. The second-order valence-electron chi connectivity index (χ2n) is 6.21. The Balaban J connectivity index is 1.83. The summed E-state index contributed by atoms with van der Waals surface area (Å²) in [6.07, 6.45) is 2.49. The Morgan fingerprint density at radius 3 is 2.68 bits per heavy atom. The lowest BCUT2D eigenvalue weighted by atomic mass is 9.80. The summed E-state index contributed by atoms with van der Waals surface area (Å²) in [7, 11) is 0. The van der Waals surface area contributed by atoms with Crippen molar-refractivity contribution >= 4 is 11.8 Å². The van der Waals surface area contributed by atoms with Gasteiger partial charge in [0.25, 0.3) is 0 Å².